The minimum Gasteiger partial charge on any atom is -0.507 e. The number of aldehydes is 1. The van der Waals surface area contributed by atoms with Crippen LogP contribution in [0.15, 0.2) is 36.4 Å². The minimum absolute atomic E-state index is 0.0504. The van der Waals surface area contributed by atoms with Crippen molar-refractivity contribution in [1.29, 1.82) is 0 Å². The van der Waals surface area contributed by atoms with Crippen LogP contribution in [0.4, 0.5) is 0 Å². The SMILES string of the molecule is Cc1ccc(-c2cccc(C=O)c2O)c(C)c1. The highest BCUT2D eigenvalue weighted by molar-refractivity contribution is 5.86. The summed E-state index contributed by atoms with van der Waals surface area (Å²) in [6, 6.07) is 11.2. The molecule has 2 rings (SSSR count). The predicted molar refractivity (Wildman–Crippen MR) is 68.4 cm³/mol. The van der Waals surface area contributed by atoms with Crippen LogP contribution >= 0.6 is 0 Å². The second-order valence-electron chi connectivity index (χ2n) is 4.18. The van der Waals surface area contributed by atoms with Gasteiger partial charge in [-0.15, -0.1) is 0 Å². The highest BCUT2D eigenvalue weighted by atomic mass is 16.3. The van der Waals surface area contributed by atoms with Gasteiger partial charge in [-0.2, -0.15) is 0 Å². The number of carbonyl (C=O) groups is 1. The average molecular weight is 226 g/mol. The summed E-state index contributed by atoms with van der Waals surface area (Å²) < 4.78 is 0. The van der Waals surface area contributed by atoms with Gasteiger partial charge in [-0.25, -0.2) is 0 Å². The van der Waals surface area contributed by atoms with Crippen molar-refractivity contribution in [2.75, 3.05) is 0 Å². The second kappa shape index (κ2) is 4.42. The number of aryl methyl sites for hydroxylation is 2. The Morgan fingerprint density at radius 2 is 1.82 bits per heavy atom. The number of para-hydroxylation sites is 1. The monoisotopic (exact) mass is 226 g/mol. The third-order valence-electron chi connectivity index (χ3n) is 2.87. The van der Waals surface area contributed by atoms with Gasteiger partial charge in [-0.05, 0) is 31.0 Å². The van der Waals surface area contributed by atoms with Crippen molar-refractivity contribution < 1.29 is 9.90 Å². The number of phenolic OH excluding ortho intramolecular Hbond substituents is 1. The molecule has 0 heterocycles. The van der Waals surface area contributed by atoms with Crippen LogP contribution in [0.3, 0.4) is 0 Å². The lowest BCUT2D eigenvalue weighted by molar-refractivity contribution is 0.112. The molecule has 0 aliphatic heterocycles. The zero-order valence-corrected chi connectivity index (χ0v) is 9.90. The van der Waals surface area contributed by atoms with Crippen LogP contribution in [0.5, 0.6) is 5.75 Å². The van der Waals surface area contributed by atoms with E-state index < -0.39 is 0 Å². The number of rotatable bonds is 2. The number of aromatic hydroxyl groups is 1. The Bertz CT molecular complexity index is 571. The number of phenols is 1. The maximum Gasteiger partial charge on any atom is 0.153 e. The van der Waals surface area contributed by atoms with Crippen LogP contribution in [0, 0.1) is 13.8 Å². The van der Waals surface area contributed by atoms with Crippen molar-refractivity contribution in [2.24, 2.45) is 0 Å². The predicted octanol–water partition coefficient (Wildman–Crippen LogP) is 3.49. The zero-order valence-electron chi connectivity index (χ0n) is 9.90. The topological polar surface area (TPSA) is 37.3 Å². The average Bonchev–Trinajstić information content (AvgIpc) is 2.30. The van der Waals surface area contributed by atoms with Crippen molar-refractivity contribution in [3.63, 3.8) is 0 Å². The minimum atomic E-state index is 0.0504. The van der Waals surface area contributed by atoms with Crippen LogP contribution in [0.2, 0.25) is 0 Å². The third kappa shape index (κ3) is 2.07. The van der Waals surface area contributed by atoms with E-state index in [1.165, 1.54) is 5.56 Å². The molecule has 0 saturated carbocycles. The Balaban J connectivity index is 2.64. The number of carbonyl (C=O) groups excluding carboxylic acids is 1. The van der Waals surface area contributed by atoms with Crippen molar-refractivity contribution >= 4 is 6.29 Å². The van der Waals surface area contributed by atoms with Crippen molar-refractivity contribution in [3.8, 4) is 16.9 Å². The molecule has 17 heavy (non-hydrogen) atoms. The standard InChI is InChI=1S/C15H14O2/c1-10-6-7-13(11(2)8-10)14-5-3-4-12(9-16)15(14)17/h3-9,17H,1-2H3. The fourth-order valence-electron chi connectivity index (χ4n) is 1.99. The van der Waals surface area contributed by atoms with Crippen LogP contribution in [-0.2, 0) is 0 Å². The Hall–Kier alpha value is -2.09. The molecule has 2 nitrogen and oxygen atoms in total. The molecule has 0 aliphatic rings. The molecule has 2 aromatic rings. The van der Waals surface area contributed by atoms with Crippen LogP contribution in [0.1, 0.15) is 21.5 Å². The van der Waals surface area contributed by atoms with Gasteiger partial charge < -0.3 is 5.11 Å². The zero-order chi connectivity index (χ0) is 12.4. The molecular formula is C15H14O2. The molecule has 1 N–H and O–H groups in total. The molecule has 0 saturated heterocycles. The fraction of sp³-hybridized carbons (Fsp3) is 0.133. The van der Waals surface area contributed by atoms with E-state index >= 15 is 0 Å². The van der Waals surface area contributed by atoms with Gasteiger partial charge in [0.25, 0.3) is 0 Å². The lowest BCUT2D eigenvalue weighted by Crippen LogP contribution is -1.88. The summed E-state index contributed by atoms with van der Waals surface area (Å²) in [5, 5.41) is 10.0. The van der Waals surface area contributed by atoms with E-state index in [9.17, 15) is 9.90 Å². The summed E-state index contributed by atoms with van der Waals surface area (Å²) in [5.74, 6) is 0.0504. The highest BCUT2D eigenvalue weighted by Crippen LogP contribution is 2.33. The van der Waals surface area contributed by atoms with Gasteiger partial charge in [-0.3, -0.25) is 4.79 Å². The third-order valence-corrected chi connectivity index (χ3v) is 2.87. The smallest absolute Gasteiger partial charge is 0.153 e. The van der Waals surface area contributed by atoms with Crippen molar-refractivity contribution in [2.45, 2.75) is 13.8 Å². The molecule has 0 bridgehead atoms. The normalized spacial score (nSPS) is 10.2. The van der Waals surface area contributed by atoms with Crippen molar-refractivity contribution in [3.05, 3.63) is 53.1 Å². The maximum atomic E-state index is 10.8. The summed E-state index contributed by atoms with van der Waals surface area (Å²) in [6.07, 6.45) is 0.669. The lowest BCUT2D eigenvalue weighted by Gasteiger charge is -2.10. The second-order valence-corrected chi connectivity index (χ2v) is 4.18. The van der Waals surface area contributed by atoms with Gasteiger partial charge in [0.1, 0.15) is 5.75 Å². The molecule has 0 radical (unpaired) electrons. The molecule has 0 atom stereocenters. The maximum absolute atomic E-state index is 10.8. The summed E-state index contributed by atoms with van der Waals surface area (Å²) >= 11 is 0. The Labute approximate surface area is 101 Å². The van der Waals surface area contributed by atoms with E-state index in [-0.39, 0.29) is 5.75 Å². The largest absolute Gasteiger partial charge is 0.507 e. The van der Waals surface area contributed by atoms with E-state index in [0.717, 1.165) is 11.1 Å². The summed E-state index contributed by atoms with van der Waals surface area (Å²) in [5.41, 5.74) is 4.24. The molecule has 0 fully saturated rings. The first-order chi connectivity index (χ1) is 8.13. The molecule has 0 spiro atoms. The summed E-state index contributed by atoms with van der Waals surface area (Å²) in [7, 11) is 0. The van der Waals surface area contributed by atoms with Crippen LogP contribution < -0.4 is 0 Å². The lowest BCUT2D eigenvalue weighted by atomic mass is 9.96. The Morgan fingerprint density at radius 3 is 2.47 bits per heavy atom. The van der Waals surface area contributed by atoms with E-state index in [1.807, 2.05) is 32.0 Å². The summed E-state index contributed by atoms with van der Waals surface area (Å²) in [6.45, 7) is 4.02. The van der Waals surface area contributed by atoms with Crippen LogP contribution in [0.25, 0.3) is 11.1 Å². The molecule has 2 heteroatoms. The molecule has 0 amide bonds. The molecule has 86 valence electrons. The Kier molecular flexibility index (Phi) is 2.96. The quantitative estimate of drug-likeness (QED) is 0.796. The molecular weight excluding hydrogens is 212 g/mol. The van der Waals surface area contributed by atoms with E-state index in [0.29, 0.717) is 17.4 Å². The first-order valence-corrected chi connectivity index (χ1v) is 5.48. The van der Waals surface area contributed by atoms with Gasteiger partial charge in [0.15, 0.2) is 6.29 Å². The van der Waals surface area contributed by atoms with E-state index in [2.05, 4.69) is 6.07 Å². The molecule has 0 unspecified atom stereocenters. The number of hydrogen-bond acceptors (Lipinski definition) is 2. The number of benzene rings is 2. The van der Waals surface area contributed by atoms with Gasteiger partial charge in [-0.1, -0.05) is 35.9 Å². The van der Waals surface area contributed by atoms with E-state index in [1.54, 1.807) is 12.1 Å². The summed E-state index contributed by atoms with van der Waals surface area (Å²) in [4.78, 5) is 10.8. The van der Waals surface area contributed by atoms with Crippen molar-refractivity contribution in [1.82, 2.24) is 0 Å². The first kappa shape index (κ1) is 11.4. The highest BCUT2D eigenvalue weighted by Gasteiger charge is 2.10. The Morgan fingerprint density at radius 1 is 1.06 bits per heavy atom. The fourth-order valence-corrected chi connectivity index (χ4v) is 1.99. The molecule has 2 aromatic carbocycles. The van der Waals surface area contributed by atoms with Gasteiger partial charge in [0.2, 0.25) is 0 Å². The van der Waals surface area contributed by atoms with Crippen LogP contribution in [-0.4, -0.2) is 11.4 Å². The van der Waals surface area contributed by atoms with E-state index in [4.69, 9.17) is 0 Å². The van der Waals surface area contributed by atoms with Gasteiger partial charge in [0.05, 0.1) is 5.56 Å². The number of hydrogen-bond donors (Lipinski definition) is 1. The molecule has 0 aliphatic carbocycles. The first-order valence-electron chi connectivity index (χ1n) is 5.48. The van der Waals surface area contributed by atoms with Gasteiger partial charge >= 0.3 is 0 Å². The van der Waals surface area contributed by atoms with Gasteiger partial charge in [0, 0.05) is 5.56 Å². The molecule has 0 aromatic heterocycles.